The molecule has 0 spiro atoms. The van der Waals surface area contributed by atoms with Crippen LogP contribution < -0.4 is 20.1 Å². The van der Waals surface area contributed by atoms with Gasteiger partial charge >= 0.3 is 11.9 Å². The number of carbonyl (C=O) groups is 2. The number of unbranched alkanes of at least 4 members (excludes halogenated alkanes) is 2. The molecule has 0 atom stereocenters. The molecule has 0 saturated carbocycles. The average molecular weight is 729 g/mol. The Morgan fingerprint density at radius 1 is 0.938 bits per heavy atom. The van der Waals surface area contributed by atoms with E-state index in [-0.39, 0.29) is 36.8 Å². The Hall–Kier alpha value is -2.84. The largest absolute Gasteiger partial charge is 0.481 e. The number of aromatic carboxylic acids is 1. The quantitative estimate of drug-likeness (QED) is 0.118. The van der Waals surface area contributed by atoms with Gasteiger partial charge in [-0.25, -0.2) is 4.79 Å². The molecular weight excluding hydrogens is 689 g/mol. The Morgan fingerprint density at radius 3 is 2.38 bits per heavy atom. The van der Waals surface area contributed by atoms with Crippen molar-refractivity contribution in [1.29, 1.82) is 0 Å². The summed E-state index contributed by atoms with van der Waals surface area (Å²) in [6, 6.07) is 4.26. The molecule has 3 heterocycles. The first kappa shape index (κ1) is 35.0. The molecule has 0 aromatic heterocycles. The van der Waals surface area contributed by atoms with Gasteiger partial charge in [-0.1, -0.05) is 68.1 Å². The maximum absolute atomic E-state index is 13.2. The van der Waals surface area contributed by atoms with Gasteiger partial charge in [0.25, 0.3) is 0 Å². The zero-order chi connectivity index (χ0) is 34.3. The SMILES string of the molecule is C=c1c(CCCC)cc2c(c1CCCC)Oc1c(cc3c4c1CCCN4CCCC3)C=2c1c(Cl)c(SCC(=O)O)c(Cl)c(Cl)c1C(=O)O. The van der Waals surface area contributed by atoms with Crippen LogP contribution in [0.15, 0.2) is 17.0 Å². The molecule has 0 fully saturated rings. The van der Waals surface area contributed by atoms with Crippen LogP contribution in [0, 0.1) is 0 Å². The van der Waals surface area contributed by atoms with E-state index in [1.54, 1.807) is 0 Å². The number of fused-ring (bicyclic) bond motifs is 3. The summed E-state index contributed by atoms with van der Waals surface area (Å²) in [6.07, 6.45) is 10.3. The lowest BCUT2D eigenvalue weighted by atomic mass is 9.83. The van der Waals surface area contributed by atoms with Crippen molar-refractivity contribution in [2.45, 2.75) is 89.4 Å². The standard InChI is InChI=1S/C38H40Cl3NO5S/c1-4-6-11-21-17-25-28(29-30(38(45)46)31(39)33(41)37(32(29)40)48-19-27(43)44)26-18-22-12-8-9-15-42-16-10-14-24(34(22)42)36(26)47-35(25)23(20(21)3)13-7-5-2/h17-18H,3-16,19H2,1-2H3,(H,43,44)(H,45,46). The van der Waals surface area contributed by atoms with Gasteiger partial charge < -0.3 is 19.8 Å². The second-order valence-electron chi connectivity index (χ2n) is 12.8. The highest BCUT2D eigenvalue weighted by molar-refractivity contribution is 8.00. The fraction of sp³-hybridized carbons (Fsp3) is 0.421. The number of carboxylic acids is 2. The Bertz CT molecular complexity index is 1940. The van der Waals surface area contributed by atoms with E-state index >= 15 is 0 Å². The van der Waals surface area contributed by atoms with Gasteiger partial charge in [-0.05, 0) is 86.3 Å². The van der Waals surface area contributed by atoms with E-state index in [0.29, 0.717) is 11.3 Å². The molecule has 6 rings (SSSR count). The van der Waals surface area contributed by atoms with E-state index < -0.39 is 11.9 Å². The van der Waals surface area contributed by atoms with Crippen molar-refractivity contribution in [1.82, 2.24) is 0 Å². The molecule has 0 aliphatic carbocycles. The van der Waals surface area contributed by atoms with Crippen LogP contribution in [0.1, 0.15) is 103 Å². The van der Waals surface area contributed by atoms with Crippen molar-refractivity contribution < 1.29 is 24.5 Å². The molecule has 0 bridgehead atoms. The Balaban J connectivity index is 1.82. The van der Waals surface area contributed by atoms with Gasteiger partial charge in [-0.2, -0.15) is 0 Å². The summed E-state index contributed by atoms with van der Waals surface area (Å²) in [5.74, 6) is -1.26. The maximum atomic E-state index is 13.2. The molecule has 48 heavy (non-hydrogen) atoms. The van der Waals surface area contributed by atoms with Crippen molar-refractivity contribution in [2.75, 3.05) is 23.7 Å². The summed E-state index contributed by atoms with van der Waals surface area (Å²) in [4.78, 5) is 27.5. The zero-order valence-corrected chi connectivity index (χ0v) is 30.5. The van der Waals surface area contributed by atoms with E-state index in [4.69, 9.17) is 39.5 Å². The lowest BCUT2D eigenvalue weighted by molar-refractivity contribution is -0.133. The minimum Gasteiger partial charge on any atom is -0.481 e. The first-order valence-electron chi connectivity index (χ1n) is 16.9. The van der Waals surface area contributed by atoms with Crippen LogP contribution in [-0.4, -0.2) is 41.0 Å². The third-order valence-electron chi connectivity index (χ3n) is 9.72. The molecule has 3 aromatic carbocycles. The second-order valence-corrected chi connectivity index (χ2v) is 15.0. The van der Waals surface area contributed by atoms with Gasteiger partial charge in [0.2, 0.25) is 0 Å². The lowest BCUT2D eigenvalue weighted by Crippen LogP contribution is -2.32. The fourth-order valence-electron chi connectivity index (χ4n) is 7.47. The van der Waals surface area contributed by atoms with E-state index in [0.717, 1.165) is 134 Å². The normalized spacial score (nSPS) is 14.9. The van der Waals surface area contributed by atoms with Crippen molar-refractivity contribution in [3.8, 4) is 11.5 Å². The van der Waals surface area contributed by atoms with Gasteiger partial charge in [0.05, 0.1) is 26.4 Å². The number of carboxylic acid groups (broad SMARTS) is 2. The van der Waals surface area contributed by atoms with Crippen LogP contribution in [0.25, 0.3) is 12.2 Å². The number of benzene rings is 3. The predicted molar refractivity (Wildman–Crippen MR) is 197 cm³/mol. The summed E-state index contributed by atoms with van der Waals surface area (Å²) >= 11 is 21.7. The number of rotatable bonds is 11. The molecule has 6 nitrogen and oxygen atoms in total. The third kappa shape index (κ3) is 6.21. The van der Waals surface area contributed by atoms with Crippen molar-refractivity contribution in [2.24, 2.45) is 0 Å². The zero-order valence-electron chi connectivity index (χ0n) is 27.4. The molecule has 3 aliphatic rings. The Morgan fingerprint density at radius 2 is 1.67 bits per heavy atom. The van der Waals surface area contributed by atoms with Crippen LogP contribution in [0.5, 0.6) is 11.5 Å². The van der Waals surface area contributed by atoms with Gasteiger partial charge in [-0.15, -0.1) is 11.8 Å². The third-order valence-corrected chi connectivity index (χ3v) is 12.3. The molecule has 0 radical (unpaired) electrons. The summed E-state index contributed by atoms with van der Waals surface area (Å²) in [5, 5.41) is 21.8. The minimum absolute atomic E-state index is 0.0657. The van der Waals surface area contributed by atoms with Gasteiger partial charge in [0.15, 0.2) is 0 Å². The minimum atomic E-state index is -1.27. The van der Waals surface area contributed by atoms with Crippen LogP contribution in [0.4, 0.5) is 5.69 Å². The van der Waals surface area contributed by atoms with Crippen LogP contribution in [0.3, 0.4) is 0 Å². The number of halogens is 3. The van der Waals surface area contributed by atoms with Crippen molar-refractivity contribution >= 4 is 76.3 Å². The predicted octanol–water partition coefficient (Wildman–Crippen LogP) is 9.06. The number of thioether (sulfide) groups is 1. The number of hydrogen-bond donors (Lipinski definition) is 2. The average Bonchev–Trinajstić information content (AvgIpc) is 3.27. The number of nitrogens with zero attached hydrogens (tertiary/aromatic N) is 1. The number of aryl methyl sites for hydroxylation is 2. The lowest BCUT2D eigenvalue weighted by Gasteiger charge is -2.36. The molecule has 10 heteroatoms. The highest BCUT2D eigenvalue weighted by Gasteiger charge is 2.36. The van der Waals surface area contributed by atoms with Crippen LogP contribution >= 0.6 is 46.6 Å². The van der Waals surface area contributed by atoms with E-state index in [1.807, 2.05) is 0 Å². The van der Waals surface area contributed by atoms with Gasteiger partial charge in [-0.3, -0.25) is 4.79 Å². The topological polar surface area (TPSA) is 87.1 Å². The van der Waals surface area contributed by atoms with E-state index in [1.165, 1.54) is 11.3 Å². The first-order valence-corrected chi connectivity index (χ1v) is 19.0. The first-order chi connectivity index (χ1) is 23.1. The number of hydrogen-bond acceptors (Lipinski definition) is 5. The van der Waals surface area contributed by atoms with Gasteiger partial charge in [0, 0.05) is 56.7 Å². The molecular formula is C38H40Cl3NO5S. The highest BCUT2D eigenvalue weighted by Crippen LogP contribution is 2.52. The monoisotopic (exact) mass is 727 g/mol. The fourth-order valence-corrected chi connectivity index (χ4v) is 9.37. The number of aliphatic carboxylic acids is 1. The van der Waals surface area contributed by atoms with Crippen molar-refractivity contribution in [3.63, 3.8) is 0 Å². The summed E-state index contributed by atoms with van der Waals surface area (Å²) in [6.45, 7) is 10.9. The van der Waals surface area contributed by atoms with E-state index in [2.05, 4.69) is 37.5 Å². The molecule has 3 aliphatic heterocycles. The van der Waals surface area contributed by atoms with Crippen LogP contribution in [0.2, 0.25) is 15.1 Å². The highest BCUT2D eigenvalue weighted by atomic mass is 35.5. The smallest absolute Gasteiger partial charge is 0.337 e. The van der Waals surface area contributed by atoms with E-state index in [9.17, 15) is 19.8 Å². The second kappa shape index (κ2) is 14.6. The number of ether oxygens (including phenoxy) is 1. The molecule has 254 valence electrons. The molecule has 0 unspecified atom stereocenters. The Labute approximate surface area is 300 Å². The summed E-state index contributed by atoms with van der Waals surface area (Å²) in [7, 11) is 0. The summed E-state index contributed by atoms with van der Waals surface area (Å²) < 4.78 is 7.09. The molecule has 0 amide bonds. The maximum Gasteiger partial charge on any atom is 0.337 e. The molecule has 2 N–H and O–H groups in total. The Kier molecular flexibility index (Phi) is 10.6. The number of anilines is 1. The molecule has 3 aromatic rings. The molecule has 0 saturated heterocycles. The summed E-state index contributed by atoms with van der Waals surface area (Å²) in [5.41, 5.74) is 7.10. The van der Waals surface area contributed by atoms with Crippen LogP contribution in [-0.2, 0) is 30.5 Å². The van der Waals surface area contributed by atoms with Crippen molar-refractivity contribution in [3.05, 3.63) is 76.6 Å². The van der Waals surface area contributed by atoms with Gasteiger partial charge in [0.1, 0.15) is 11.5 Å².